The van der Waals surface area contributed by atoms with E-state index < -0.39 is 36.2 Å². The van der Waals surface area contributed by atoms with Crippen LogP contribution in [0.5, 0.6) is 0 Å². The van der Waals surface area contributed by atoms with Crippen molar-refractivity contribution in [1.29, 1.82) is 0 Å². The molecule has 5 rings (SSSR count). The van der Waals surface area contributed by atoms with Gasteiger partial charge in [-0.15, -0.1) is 6.42 Å². The number of terminal acetylenes is 1. The second-order valence-corrected chi connectivity index (χ2v) is 12.6. The highest BCUT2D eigenvalue weighted by Crippen LogP contribution is 2.67. The molecule has 0 saturated heterocycles. The summed E-state index contributed by atoms with van der Waals surface area (Å²) >= 11 is 0. The van der Waals surface area contributed by atoms with E-state index in [9.17, 15) is 24.9 Å². The number of fused-ring (bicyclic) bond motifs is 5. The highest BCUT2D eigenvalue weighted by molar-refractivity contribution is 5.96. The fourth-order valence-corrected chi connectivity index (χ4v) is 8.40. The van der Waals surface area contributed by atoms with Gasteiger partial charge in [-0.2, -0.15) is 0 Å². The van der Waals surface area contributed by atoms with Crippen LogP contribution in [0.15, 0.2) is 47.1 Å². The monoisotopic (exact) mass is 548 g/mol. The van der Waals surface area contributed by atoms with Gasteiger partial charge in [-0.1, -0.05) is 60.8 Å². The van der Waals surface area contributed by atoms with Gasteiger partial charge in [0, 0.05) is 5.41 Å². The van der Waals surface area contributed by atoms with Crippen LogP contribution in [0.1, 0.15) is 76.9 Å². The summed E-state index contributed by atoms with van der Waals surface area (Å²) < 4.78 is 0. The van der Waals surface area contributed by atoms with Crippen molar-refractivity contribution in [3.8, 4) is 12.3 Å². The van der Waals surface area contributed by atoms with E-state index in [0.29, 0.717) is 29.7 Å². The molecule has 4 aliphatic carbocycles. The van der Waals surface area contributed by atoms with E-state index in [1.807, 2.05) is 0 Å². The summed E-state index contributed by atoms with van der Waals surface area (Å²) in [6.07, 6.45) is 13.9. The third-order valence-electron chi connectivity index (χ3n) is 10.8. The van der Waals surface area contributed by atoms with Crippen LogP contribution in [0, 0.1) is 40.9 Å². The quantitative estimate of drug-likeness (QED) is 0.301. The zero-order valence-electron chi connectivity index (χ0n) is 23.3. The molecule has 1 aromatic carbocycles. The van der Waals surface area contributed by atoms with Crippen molar-refractivity contribution in [3.05, 3.63) is 47.5 Å². The molecule has 3 saturated carbocycles. The number of aliphatic carboxylic acids is 1. The van der Waals surface area contributed by atoms with Crippen LogP contribution in [0.3, 0.4) is 0 Å². The summed E-state index contributed by atoms with van der Waals surface area (Å²) in [5.41, 5.74) is 1.40. The first-order valence-corrected chi connectivity index (χ1v) is 14.4. The second-order valence-electron chi connectivity index (χ2n) is 12.6. The molecule has 0 aliphatic heterocycles. The number of aliphatic hydroxyl groups is 2. The number of hydrogen-bond donors (Lipinski definition) is 4. The lowest BCUT2D eigenvalue weighted by Gasteiger charge is -2.58. The first kappa shape index (κ1) is 28.4. The lowest BCUT2D eigenvalue weighted by atomic mass is 9.46. The molecule has 0 radical (unpaired) electrons. The molecule has 40 heavy (non-hydrogen) atoms. The molecule has 8 atom stereocenters. The first-order chi connectivity index (χ1) is 19.0. The Morgan fingerprint density at radius 2 is 1.85 bits per heavy atom. The number of nitrogens with zero attached hydrogens (tertiary/aromatic N) is 1. The average molecular weight is 549 g/mol. The zero-order valence-corrected chi connectivity index (χ0v) is 23.3. The molecule has 8 heteroatoms. The number of carboxylic acid groups (broad SMARTS) is 1. The summed E-state index contributed by atoms with van der Waals surface area (Å²) in [6, 6.07) is 6.83. The van der Waals surface area contributed by atoms with Gasteiger partial charge in [0.1, 0.15) is 11.7 Å². The zero-order chi connectivity index (χ0) is 28.7. The van der Waals surface area contributed by atoms with Gasteiger partial charge >= 0.3 is 5.97 Å². The SMILES string of the molecule is C#C[C@]1(O)CC[C@H]2[C@@H]3CCC4=C/C(=N\OCC(=O)N[C@H](C(=O)O)[C@H](O)c5ccccc5)CC[C@]4(C)[C@H]3CC[C@@]21C. The Kier molecular flexibility index (Phi) is 7.58. The van der Waals surface area contributed by atoms with E-state index in [4.69, 9.17) is 11.3 Å². The number of rotatable bonds is 7. The third-order valence-corrected chi connectivity index (χ3v) is 10.8. The Labute approximate surface area is 235 Å². The van der Waals surface area contributed by atoms with Crippen LogP contribution in [-0.4, -0.2) is 51.2 Å². The molecule has 1 aromatic rings. The van der Waals surface area contributed by atoms with Gasteiger partial charge in [-0.05, 0) is 86.2 Å². The molecule has 1 amide bonds. The van der Waals surface area contributed by atoms with Gasteiger partial charge in [0.15, 0.2) is 12.6 Å². The lowest BCUT2D eigenvalue weighted by Crippen LogP contribution is -2.54. The molecule has 0 spiro atoms. The van der Waals surface area contributed by atoms with Crippen molar-refractivity contribution in [2.45, 2.75) is 83.0 Å². The minimum Gasteiger partial charge on any atom is -0.480 e. The van der Waals surface area contributed by atoms with E-state index in [1.165, 1.54) is 5.57 Å². The number of carbonyl (C=O) groups excluding carboxylic acids is 1. The van der Waals surface area contributed by atoms with Gasteiger partial charge in [0.25, 0.3) is 5.91 Å². The molecule has 4 N–H and O–H groups in total. The number of amides is 1. The van der Waals surface area contributed by atoms with E-state index in [-0.39, 0.29) is 10.8 Å². The van der Waals surface area contributed by atoms with Crippen molar-refractivity contribution in [1.82, 2.24) is 5.32 Å². The maximum atomic E-state index is 12.4. The smallest absolute Gasteiger partial charge is 0.329 e. The van der Waals surface area contributed by atoms with Gasteiger partial charge in [-0.3, -0.25) is 4.79 Å². The largest absolute Gasteiger partial charge is 0.480 e. The Morgan fingerprint density at radius 1 is 1.12 bits per heavy atom. The molecule has 214 valence electrons. The first-order valence-electron chi connectivity index (χ1n) is 14.4. The number of allylic oxidation sites excluding steroid dienone is 2. The summed E-state index contributed by atoms with van der Waals surface area (Å²) in [6.45, 7) is 4.13. The summed E-state index contributed by atoms with van der Waals surface area (Å²) in [7, 11) is 0. The number of oxime groups is 1. The molecular formula is C32H40N2O6. The topological polar surface area (TPSA) is 128 Å². The molecule has 8 nitrogen and oxygen atoms in total. The Balaban J connectivity index is 1.21. The normalized spacial score (nSPS) is 37.1. The molecule has 3 fully saturated rings. The highest BCUT2D eigenvalue weighted by Gasteiger charge is 2.63. The maximum absolute atomic E-state index is 12.4. The van der Waals surface area contributed by atoms with Gasteiger partial charge in [-0.25, -0.2) is 4.79 Å². The molecular weight excluding hydrogens is 508 g/mol. The standard InChI is InChI=1S/C32H40N2O6/c1-4-32(39)17-14-25-23-11-10-21-18-22(12-15-30(21,2)24(23)13-16-31(25,32)3)34-40-19-26(35)33-27(29(37)38)28(36)20-8-6-5-7-9-20/h1,5-9,18,23-25,27-28,36,39H,10-17,19H2,2-3H3,(H,33,35)(H,37,38)/b34-22-/t23-,24+,25+,27+,28-,30+,31+,32+/m1/s1. The van der Waals surface area contributed by atoms with Crippen molar-refractivity contribution in [2.75, 3.05) is 6.61 Å². The Hall–Kier alpha value is -3.15. The molecule has 0 aromatic heterocycles. The van der Waals surface area contributed by atoms with Crippen LogP contribution in [0.4, 0.5) is 0 Å². The van der Waals surface area contributed by atoms with Gasteiger partial charge in [0.05, 0.1) is 5.71 Å². The van der Waals surface area contributed by atoms with Crippen molar-refractivity contribution < 1.29 is 29.7 Å². The van der Waals surface area contributed by atoms with Crippen LogP contribution >= 0.6 is 0 Å². The molecule has 4 aliphatic rings. The number of benzene rings is 1. The van der Waals surface area contributed by atoms with E-state index in [2.05, 4.69) is 36.3 Å². The van der Waals surface area contributed by atoms with Crippen LogP contribution in [0.2, 0.25) is 0 Å². The predicted molar refractivity (Wildman–Crippen MR) is 150 cm³/mol. The van der Waals surface area contributed by atoms with Crippen LogP contribution in [-0.2, 0) is 14.4 Å². The Morgan fingerprint density at radius 3 is 2.55 bits per heavy atom. The fraction of sp³-hybridized carbons (Fsp3) is 0.594. The average Bonchev–Trinajstić information content (AvgIpc) is 3.22. The minimum absolute atomic E-state index is 0.0692. The van der Waals surface area contributed by atoms with Crippen molar-refractivity contribution in [3.63, 3.8) is 0 Å². The number of aliphatic hydroxyl groups excluding tert-OH is 1. The van der Waals surface area contributed by atoms with Crippen LogP contribution in [0.25, 0.3) is 0 Å². The number of nitrogens with one attached hydrogen (secondary N) is 1. The summed E-state index contributed by atoms with van der Waals surface area (Å²) in [5, 5.41) is 37.7. The van der Waals surface area contributed by atoms with Crippen LogP contribution < -0.4 is 5.32 Å². The summed E-state index contributed by atoms with van der Waals surface area (Å²) in [5.74, 6) is 2.27. The van der Waals surface area contributed by atoms with E-state index >= 15 is 0 Å². The molecule has 0 heterocycles. The third kappa shape index (κ3) is 4.73. The summed E-state index contributed by atoms with van der Waals surface area (Å²) in [4.78, 5) is 29.5. The van der Waals surface area contributed by atoms with Crippen molar-refractivity contribution in [2.24, 2.45) is 33.7 Å². The predicted octanol–water partition coefficient (Wildman–Crippen LogP) is 3.99. The maximum Gasteiger partial charge on any atom is 0.329 e. The van der Waals surface area contributed by atoms with E-state index in [1.54, 1.807) is 30.3 Å². The van der Waals surface area contributed by atoms with Crippen molar-refractivity contribution >= 4 is 17.6 Å². The highest BCUT2D eigenvalue weighted by atomic mass is 16.6. The number of carboxylic acids is 1. The number of carbonyl (C=O) groups is 2. The lowest BCUT2D eigenvalue weighted by molar-refractivity contribution is -0.146. The van der Waals surface area contributed by atoms with Gasteiger partial charge < -0.3 is 25.5 Å². The molecule has 0 unspecified atom stereocenters. The second kappa shape index (κ2) is 10.7. The Bertz CT molecular complexity index is 1250. The molecule has 0 bridgehead atoms. The number of hydrogen-bond acceptors (Lipinski definition) is 6. The minimum atomic E-state index is -1.51. The van der Waals surface area contributed by atoms with E-state index in [0.717, 1.165) is 50.7 Å². The fourth-order valence-electron chi connectivity index (χ4n) is 8.40. The van der Waals surface area contributed by atoms with Gasteiger partial charge in [0.2, 0.25) is 0 Å².